The number of hydrogen-bond acceptors (Lipinski definition) is 3. The highest BCUT2D eigenvalue weighted by molar-refractivity contribution is 7.92. The molecule has 3 aromatic carbocycles. The molecule has 0 saturated carbocycles. The van der Waals surface area contributed by atoms with E-state index in [9.17, 15) is 13.2 Å². The smallest absolute Gasteiger partial charge is 0.261 e. The highest BCUT2D eigenvalue weighted by Crippen LogP contribution is 2.21. The zero-order chi connectivity index (χ0) is 20.3. The lowest BCUT2D eigenvalue weighted by molar-refractivity contribution is 0.102. The molecule has 0 bridgehead atoms. The fraction of sp³-hybridized carbons (Fsp3) is 0.0952. The summed E-state index contributed by atoms with van der Waals surface area (Å²) in [6.45, 7) is 3.88. The van der Waals surface area contributed by atoms with Crippen LogP contribution in [0.3, 0.4) is 0 Å². The molecule has 0 radical (unpaired) electrons. The normalized spacial score (nSPS) is 11.1. The van der Waals surface area contributed by atoms with E-state index in [1.54, 1.807) is 48.5 Å². The van der Waals surface area contributed by atoms with Crippen molar-refractivity contribution in [3.63, 3.8) is 0 Å². The molecule has 144 valence electrons. The van der Waals surface area contributed by atoms with Crippen LogP contribution in [0.4, 0.5) is 11.4 Å². The first-order valence-electron chi connectivity index (χ1n) is 8.52. The Morgan fingerprint density at radius 3 is 2.04 bits per heavy atom. The Bertz CT molecular complexity index is 1110. The molecule has 0 aliphatic rings. The molecule has 1 amide bonds. The fourth-order valence-corrected chi connectivity index (χ4v) is 3.72. The number of amides is 1. The summed E-state index contributed by atoms with van der Waals surface area (Å²) >= 11 is 5.82. The molecule has 0 aromatic heterocycles. The molecular weight excluding hydrogens is 396 g/mol. The van der Waals surface area contributed by atoms with Gasteiger partial charge < -0.3 is 5.32 Å². The van der Waals surface area contributed by atoms with Crippen LogP contribution < -0.4 is 10.0 Å². The van der Waals surface area contributed by atoms with Crippen molar-refractivity contribution >= 4 is 38.9 Å². The quantitative estimate of drug-likeness (QED) is 0.616. The van der Waals surface area contributed by atoms with E-state index >= 15 is 0 Å². The molecule has 0 saturated heterocycles. The molecule has 7 heteroatoms. The van der Waals surface area contributed by atoms with Crippen molar-refractivity contribution in [2.75, 3.05) is 10.0 Å². The molecule has 0 spiro atoms. The number of carbonyl (C=O) groups is 1. The summed E-state index contributed by atoms with van der Waals surface area (Å²) in [5.41, 5.74) is 3.54. The Hall–Kier alpha value is -2.83. The van der Waals surface area contributed by atoms with Crippen molar-refractivity contribution < 1.29 is 13.2 Å². The van der Waals surface area contributed by atoms with E-state index in [-0.39, 0.29) is 10.8 Å². The predicted octanol–water partition coefficient (Wildman–Crippen LogP) is 5.01. The second-order valence-electron chi connectivity index (χ2n) is 6.39. The summed E-state index contributed by atoms with van der Waals surface area (Å²) in [5, 5.41) is 3.27. The minimum absolute atomic E-state index is 0.107. The van der Waals surface area contributed by atoms with Gasteiger partial charge in [0, 0.05) is 22.0 Å². The summed E-state index contributed by atoms with van der Waals surface area (Å²) in [6.07, 6.45) is 0. The van der Waals surface area contributed by atoms with Gasteiger partial charge in [-0.2, -0.15) is 0 Å². The lowest BCUT2D eigenvalue weighted by Gasteiger charge is -2.11. The molecule has 2 N–H and O–H groups in total. The Morgan fingerprint density at radius 2 is 1.43 bits per heavy atom. The first-order valence-corrected chi connectivity index (χ1v) is 10.4. The lowest BCUT2D eigenvalue weighted by Crippen LogP contribution is -2.14. The number of benzene rings is 3. The number of halogens is 1. The standard InChI is InChI=1S/C21H19ClN2O3S/c1-14-3-8-19(13-15(14)2)24-28(26,27)20-11-9-18(10-12-20)23-21(25)16-4-6-17(22)7-5-16/h3-13,24H,1-2H3,(H,23,25). The highest BCUT2D eigenvalue weighted by atomic mass is 35.5. The number of anilines is 2. The molecule has 5 nitrogen and oxygen atoms in total. The van der Waals surface area contributed by atoms with Crippen molar-refractivity contribution in [2.45, 2.75) is 18.7 Å². The molecule has 3 rings (SSSR count). The van der Waals surface area contributed by atoms with Gasteiger partial charge in [0.05, 0.1) is 4.90 Å². The van der Waals surface area contributed by atoms with Gasteiger partial charge in [-0.05, 0) is 85.6 Å². The lowest BCUT2D eigenvalue weighted by atomic mass is 10.1. The van der Waals surface area contributed by atoms with Gasteiger partial charge in [0.2, 0.25) is 0 Å². The van der Waals surface area contributed by atoms with Gasteiger partial charge in [-0.25, -0.2) is 8.42 Å². The first-order chi connectivity index (χ1) is 13.2. The van der Waals surface area contributed by atoms with Gasteiger partial charge in [0.25, 0.3) is 15.9 Å². The van der Waals surface area contributed by atoms with Crippen LogP contribution in [-0.4, -0.2) is 14.3 Å². The van der Waals surface area contributed by atoms with Crippen LogP contribution in [-0.2, 0) is 10.0 Å². The van der Waals surface area contributed by atoms with Crippen LogP contribution >= 0.6 is 11.6 Å². The van der Waals surface area contributed by atoms with Gasteiger partial charge in [-0.15, -0.1) is 0 Å². The fourth-order valence-electron chi connectivity index (χ4n) is 2.54. The molecule has 0 heterocycles. The van der Waals surface area contributed by atoms with Crippen LogP contribution in [0, 0.1) is 13.8 Å². The van der Waals surface area contributed by atoms with E-state index in [2.05, 4.69) is 10.0 Å². The zero-order valence-corrected chi connectivity index (χ0v) is 16.9. The minimum atomic E-state index is -3.72. The molecule has 0 atom stereocenters. The third-order valence-electron chi connectivity index (χ3n) is 4.29. The average molecular weight is 415 g/mol. The maximum atomic E-state index is 12.6. The van der Waals surface area contributed by atoms with E-state index in [4.69, 9.17) is 11.6 Å². The highest BCUT2D eigenvalue weighted by Gasteiger charge is 2.15. The maximum absolute atomic E-state index is 12.6. The van der Waals surface area contributed by atoms with Crippen molar-refractivity contribution in [1.29, 1.82) is 0 Å². The van der Waals surface area contributed by atoms with E-state index in [0.29, 0.717) is 22.0 Å². The third kappa shape index (κ3) is 4.71. The van der Waals surface area contributed by atoms with Crippen LogP contribution in [0.2, 0.25) is 5.02 Å². The average Bonchev–Trinajstić information content (AvgIpc) is 2.65. The first kappa shape index (κ1) is 19.9. The van der Waals surface area contributed by atoms with Gasteiger partial charge >= 0.3 is 0 Å². The van der Waals surface area contributed by atoms with Crippen LogP contribution in [0.15, 0.2) is 71.6 Å². The minimum Gasteiger partial charge on any atom is -0.322 e. The van der Waals surface area contributed by atoms with Crippen molar-refractivity contribution in [3.8, 4) is 0 Å². The number of aryl methyl sites for hydroxylation is 2. The van der Waals surface area contributed by atoms with Gasteiger partial charge in [-0.3, -0.25) is 9.52 Å². The molecule has 3 aromatic rings. The Morgan fingerprint density at radius 1 is 0.821 bits per heavy atom. The zero-order valence-electron chi connectivity index (χ0n) is 15.4. The van der Waals surface area contributed by atoms with Crippen LogP contribution in [0.1, 0.15) is 21.5 Å². The predicted molar refractivity (Wildman–Crippen MR) is 113 cm³/mol. The summed E-state index contributed by atoms with van der Waals surface area (Å²) in [6, 6.07) is 17.8. The van der Waals surface area contributed by atoms with Gasteiger partial charge in [0.15, 0.2) is 0 Å². The van der Waals surface area contributed by atoms with Gasteiger partial charge in [-0.1, -0.05) is 17.7 Å². The summed E-state index contributed by atoms with van der Waals surface area (Å²) in [5.74, 6) is -0.305. The van der Waals surface area contributed by atoms with Crippen molar-refractivity contribution in [2.24, 2.45) is 0 Å². The molecule has 28 heavy (non-hydrogen) atoms. The van der Waals surface area contributed by atoms with E-state index in [0.717, 1.165) is 11.1 Å². The van der Waals surface area contributed by atoms with Crippen LogP contribution in [0.25, 0.3) is 0 Å². The second kappa shape index (κ2) is 8.04. The van der Waals surface area contributed by atoms with Gasteiger partial charge in [0.1, 0.15) is 0 Å². The van der Waals surface area contributed by atoms with Crippen molar-refractivity contribution in [1.82, 2.24) is 0 Å². The summed E-state index contributed by atoms with van der Waals surface area (Å²) in [4.78, 5) is 12.3. The summed E-state index contributed by atoms with van der Waals surface area (Å²) < 4.78 is 27.7. The SMILES string of the molecule is Cc1ccc(NS(=O)(=O)c2ccc(NC(=O)c3ccc(Cl)cc3)cc2)cc1C. The largest absolute Gasteiger partial charge is 0.322 e. The number of rotatable bonds is 5. The molecule has 0 unspecified atom stereocenters. The Labute approximate surface area is 169 Å². The summed E-state index contributed by atoms with van der Waals surface area (Å²) in [7, 11) is -3.72. The van der Waals surface area contributed by atoms with Crippen molar-refractivity contribution in [3.05, 3.63) is 88.4 Å². The van der Waals surface area contributed by atoms with E-state index in [1.165, 1.54) is 12.1 Å². The number of hydrogen-bond donors (Lipinski definition) is 2. The topological polar surface area (TPSA) is 75.3 Å². The Kier molecular flexibility index (Phi) is 5.72. The Balaban J connectivity index is 1.72. The number of sulfonamides is 1. The van der Waals surface area contributed by atoms with Crippen LogP contribution in [0.5, 0.6) is 0 Å². The third-order valence-corrected chi connectivity index (χ3v) is 5.94. The van der Waals surface area contributed by atoms with E-state index in [1.807, 2.05) is 19.9 Å². The molecular formula is C21H19ClN2O3S. The monoisotopic (exact) mass is 414 g/mol. The maximum Gasteiger partial charge on any atom is 0.261 e. The molecule has 0 fully saturated rings. The number of nitrogens with one attached hydrogen (secondary N) is 2. The number of carbonyl (C=O) groups excluding carboxylic acids is 1. The molecule has 0 aliphatic heterocycles. The van der Waals surface area contributed by atoms with E-state index < -0.39 is 10.0 Å². The molecule has 0 aliphatic carbocycles. The second-order valence-corrected chi connectivity index (χ2v) is 8.51.